The molecule has 0 radical (unpaired) electrons. The Bertz CT molecular complexity index is 291. The summed E-state index contributed by atoms with van der Waals surface area (Å²) in [5.41, 5.74) is 0. The van der Waals surface area contributed by atoms with Gasteiger partial charge in [0.2, 0.25) is 11.8 Å². The molecule has 1 aliphatic rings. The predicted molar refractivity (Wildman–Crippen MR) is 64.3 cm³/mol. The minimum Gasteiger partial charge on any atom is -0.385 e. The molecule has 1 fully saturated rings. The van der Waals surface area contributed by atoms with Crippen LogP contribution in [0.1, 0.15) is 12.8 Å². The van der Waals surface area contributed by atoms with Gasteiger partial charge in [0, 0.05) is 26.8 Å². The predicted octanol–water partition coefficient (Wildman–Crippen LogP) is 0.0774. The highest BCUT2D eigenvalue weighted by atomic mass is 16.5. The normalized spacial score (nSPS) is 21.7. The molecule has 5 nitrogen and oxygen atoms in total. The van der Waals surface area contributed by atoms with Crippen molar-refractivity contribution in [1.29, 1.82) is 0 Å². The summed E-state index contributed by atoms with van der Waals surface area (Å²) < 4.78 is 4.88. The van der Waals surface area contributed by atoms with Crippen molar-refractivity contribution in [3.8, 4) is 0 Å². The molecule has 2 N–H and O–H groups in total. The largest absolute Gasteiger partial charge is 0.385 e. The monoisotopic (exact) mass is 240 g/mol. The van der Waals surface area contributed by atoms with E-state index in [-0.39, 0.29) is 23.7 Å². The van der Waals surface area contributed by atoms with Crippen molar-refractivity contribution < 1.29 is 14.3 Å². The number of nitrogens with one attached hydrogen (secondary N) is 2. The highest BCUT2D eigenvalue weighted by molar-refractivity contribution is 5.92. The van der Waals surface area contributed by atoms with Gasteiger partial charge in [-0.15, -0.1) is 6.58 Å². The Morgan fingerprint density at radius 3 is 2.59 bits per heavy atom. The Morgan fingerprint density at radius 2 is 2.00 bits per heavy atom. The SMILES string of the molecule is C=CCNC(=O)C1CC1C(=O)NCCCOC. The minimum absolute atomic E-state index is 0.0279. The fourth-order valence-electron chi connectivity index (χ4n) is 1.64. The van der Waals surface area contributed by atoms with Gasteiger partial charge in [0.25, 0.3) is 0 Å². The van der Waals surface area contributed by atoms with Gasteiger partial charge in [-0.25, -0.2) is 0 Å². The van der Waals surface area contributed by atoms with Crippen LogP contribution in [0.15, 0.2) is 12.7 Å². The lowest BCUT2D eigenvalue weighted by Gasteiger charge is -2.04. The number of methoxy groups -OCH3 is 1. The first-order valence-electron chi connectivity index (χ1n) is 5.86. The first kappa shape index (κ1) is 13.7. The third-order valence-corrected chi connectivity index (χ3v) is 2.71. The van der Waals surface area contributed by atoms with E-state index < -0.39 is 0 Å². The Balaban J connectivity index is 2.14. The molecule has 1 rings (SSSR count). The molecule has 1 aliphatic carbocycles. The van der Waals surface area contributed by atoms with Crippen LogP contribution in [-0.2, 0) is 14.3 Å². The molecule has 2 atom stereocenters. The van der Waals surface area contributed by atoms with Gasteiger partial charge in [0.15, 0.2) is 0 Å². The van der Waals surface area contributed by atoms with Gasteiger partial charge in [-0.05, 0) is 12.8 Å². The summed E-state index contributed by atoms with van der Waals surface area (Å²) in [6, 6.07) is 0. The summed E-state index contributed by atoms with van der Waals surface area (Å²) in [6.07, 6.45) is 3.07. The van der Waals surface area contributed by atoms with Crippen LogP contribution in [0.25, 0.3) is 0 Å². The molecule has 96 valence electrons. The summed E-state index contributed by atoms with van der Waals surface area (Å²) in [5.74, 6) is -0.387. The third kappa shape index (κ3) is 4.56. The van der Waals surface area contributed by atoms with Gasteiger partial charge in [-0.3, -0.25) is 9.59 Å². The zero-order valence-electron chi connectivity index (χ0n) is 10.2. The molecule has 0 spiro atoms. The van der Waals surface area contributed by atoms with Crippen LogP contribution in [0.3, 0.4) is 0 Å². The van der Waals surface area contributed by atoms with E-state index in [1.54, 1.807) is 13.2 Å². The fourth-order valence-corrected chi connectivity index (χ4v) is 1.64. The minimum atomic E-state index is -0.155. The van der Waals surface area contributed by atoms with Crippen molar-refractivity contribution in [3.63, 3.8) is 0 Å². The molecule has 0 aromatic rings. The van der Waals surface area contributed by atoms with Crippen molar-refractivity contribution in [1.82, 2.24) is 10.6 Å². The molecule has 0 heterocycles. The lowest BCUT2D eigenvalue weighted by atomic mass is 10.2. The van der Waals surface area contributed by atoms with E-state index in [4.69, 9.17) is 4.74 Å². The second kappa shape index (κ2) is 7.06. The van der Waals surface area contributed by atoms with E-state index >= 15 is 0 Å². The van der Waals surface area contributed by atoms with E-state index in [1.807, 2.05) is 0 Å². The van der Waals surface area contributed by atoms with Gasteiger partial charge < -0.3 is 15.4 Å². The van der Waals surface area contributed by atoms with Crippen LogP contribution in [0, 0.1) is 11.8 Å². The van der Waals surface area contributed by atoms with Crippen LogP contribution in [0.5, 0.6) is 0 Å². The van der Waals surface area contributed by atoms with Crippen LogP contribution in [0.2, 0.25) is 0 Å². The topological polar surface area (TPSA) is 67.4 Å². The molecule has 2 unspecified atom stereocenters. The third-order valence-electron chi connectivity index (χ3n) is 2.71. The van der Waals surface area contributed by atoms with Gasteiger partial charge in [-0.1, -0.05) is 6.08 Å². The average Bonchev–Trinajstić information content (AvgIpc) is 3.11. The molecule has 17 heavy (non-hydrogen) atoms. The zero-order valence-corrected chi connectivity index (χ0v) is 10.2. The fraction of sp³-hybridized carbons (Fsp3) is 0.667. The highest BCUT2D eigenvalue weighted by Crippen LogP contribution is 2.38. The van der Waals surface area contributed by atoms with Gasteiger partial charge in [0.1, 0.15) is 0 Å². The first-order valence-corrected chi connectivity index (χ1v) is 5.86. The molecule has 0 aromatic carbocycles. The van der Waals surface area contributed by atoms with Crippen LogP contribution in [0.4, 0.5) is 0 Å². The van der Waals surface area contributed by atoms with Crippen LogP contribution < -0.4 is 10.6 Å². The van der Waals surface area contributed by atoms with Crippen LogP contribution in [-0.4, -0.2) is 38.6 Å². The maximum atomic E-state index is 11.6. The summed E-state index contributed by atoms with van der Waals surface area (Å²) in [6.45, 7) is 5.21. The molecule has 2 amide bonds. The Labute approximate surface area is 102 Å². The molecule has 1 saturated carbocycles. The highest BCUT2D eigenvalue weighted by Gasteiger charge is 2.47. The number of ether oxygens (including phenoxy) is 1. The lowest BCUT2D eigenvalue weighted by Crippen LogP contribution is -2.31. The quantitative estimate of drug-likeness (QED) is 0.466. The molecule has 0 saturated heterocycles. The molecule has 0 aliphatic heterocycles. The Morgan fingerprint density at radius 1 is 1.35 bits per heavy atom. The lowest BCUT2D eigenvalue weighted by molar-refractivity contribution is -0.127. The number of amides is 2. The maximum absolute atomic E-state index is 11.6. The van der Waals surface area contributed by atoms with Crippen molar-refractivity contribution in [2.45, 2.75) is 12.8 Å². The van der Waals surface area contributed by atoms with Crippen molar-refractivity contribution in [2.75, 3.05) is 26.8 Å². The molecule has 5 heteroatoms. The van der Waals surface area contributed by atoms with Crippen molar-refractivity contribution in [2.24, 2.45) is 11.8 Å². The molecule has 0 aromatic heterocycles. The van der Waals surface area contributed by atoms with Crippen LogP contribution >= 0.6 is 0 Å². The number of hydrogen-bond acceptors (Lipinski definition) is 3. The number of carbonyl (C=O) groups is 2. The number of carbonyl (C=O) groups excluding carboxylic acids is 2. The summed E-state index contributed by atoms with van der Waals surface area (Å²) in [7, 11) is 1.63. The summed E-state index contributed by atoms with van der Waals surface area (Å²) in [4.78, 5) is 23.1. The Hall–Kier alpha value is -1.36. The smallest absolute Gasteiger partial charge is 0.224 e. The van der Waals surface area contributed by atoms with Gasteiger partial charge in [-0.2, -0.15) is 0 Å². The second-order valence-corrected chi connectivity index (χ2v) is 4.12. The van der Waals surface area contributed by atoms with Gasteiger partial charge >= 0.3 is 0 Å². The first-order chi connectivity index (χ1) is 8.20. The standard InChI is InChI=1S/C12H20N2O3/c1-3-5-13-11(15)9-8-10(9)12(16)14-6-4-7-17-2/h3,9-10H,1,4-8H2,2H3,(H,13,15)(H,14,16). The number of rotatable bonds is 8. The average molecular weight is 240 g/mol. The van der Waals surface area contributed by atoms with Crippen molar-refractivity contribution in [3.05, 3.63) is 12.7 Å². The van der Waals surface area contributed by atoms with Crippen molar-refractivity contribution >= 4 is 11.8 Å². The van der Waals surface area contributed by atoms with Gasteiger partial charge in [0.05, 0.1) is 11.8 Å². The van der Waals surface area contributed by atoms with E-state index in [2.05, 4.69) is 17.2 Å². The Kier molecular flexibility index (Phi) is 5.69. The summed E-state index contributed by atoms with van der Waals surface area (Å²) in [5, 5.41) is 5.50. The molecule has 0 bridgehead atoms. The zero-order chi connectivity index (χ0) is 12.7. The van der Waals surface area contributed by atoms with E-state index in [0.717, 1.165) is 6.42 Å². The molecular weight excluding hydrogens is 220 g/mol. The second-order valence-electron chi connectivity index (χ2n) is 4.12. The summed E-state index contributed by atoms with van der Waals surface area (Å²) >= 11 is 0. The number of hydrogen-bond donors (Lipinski definition) is 2. The molecular formula is C12H20N2O3. The van der Waals surface area contributed by atoms with E-state index in [9.17, 15) is 9.59 Å². The van der Waals surface area contributed by atoms with E-state index in [1.165, 1.54) is 0 Å². The van der Waals surface area contributed by atoms with E-state index in [0.29, 0.717) is 26.1 Å². The maximum Gasteiger partial charge on any atom is 0.224 e.